The normalized spacial score (nSPS) is 11.0. The third kappa shape index (κ3) is 2.67. The molecule has 1 aromatic carbocycles. The van der Waals surface area contributed by atoms with Crippen LogP contribution in [0.5, 0.6) is 0 Å². The number of aromatic nitrogens is 3. The van der Waals surface area contributed by atoms with Crippen LogP contribution in [0.25, 0.3) is 10.8 Å². The van der Waals surface area contributed by atoms with Crippen molar-refractivity contribution in [3.63, 3.8) is 0 Å². The first-order valence-corrected chi connectivity index (χ1v) is 7.19. The predicted molar refractivity (Wildman–Crippen MR) is 84.7 cm³/mol. The van der Waals surface area contributed by atoms with E-state index in [1.54, 1.807) is 13.0 Å². The highest BCUT2D eigenvalue weighted by Crippen LogP contribution is 2.17. The van der Waals surface area contributed by atoms with Gasteiger partial charge in [-0.2, -0.15) is 5.10 Å². The number of pyridine rings is 1. The number of aromatic amines is 2. The zero-order valence-corrected chi connectivity index (χ0v) is 12.8. The molecule has 0 aliphatic heterocycles. The van der Waals surface area contributed by atoms with Gasteiger partial charge in [0.05, 0.1) is 5.69 Å². The first-order chi connectivity index (χ1) is 10.0. The van der Waals surface area contributed by atoms with E-state index in [0.717, 1.165) is 10.0 Å². The molecule has 2 N–H and O–H groups in total. The van der Waals surface area contributed by atoms with Crippen LogP contribution in [-0.2, 0) is 6.42 Å². The summed E-state index contributed by atoms with van der Waals surface area (Å²) in [6, 6.07) is 9.63. The Morgan fingerprint density at radius 1 is 1.14 bits per heavy atom. The third-order valence-corrected chi connectivity index (χ3v) is 3.81. The Bertz CT molecular complexity index is 926. The summed E-state index contributed by atoms with van der Waals surface area (Å²) >= 11 is 3.39. The van der Waals surface area contributed by atoms with Gasteiger partial charge in [0.1, 0.15) is 5.39 Å². The molecule has 0 aliphatic rings. The van der Waals surface area contributed by atoms with Crippen molar-refractivity contribution in [1.82, 2.24) is 15.2 Å². The lowest BCUT2D eigenvalue weighted by molar-refractivity contribution is 0.929. The first kappa shape index (κ1) is 13.8. The van der Waals surface area contributed by atoms with E-state index in [1.165, 1.54) is 0 Å². The summed E-state index contributed by atoms with van der Waals surface area (Å²) in [6.45, 7) is 1.78. The van der Waals surface area contributed by atoms with Crippen molar-refractivity contribution >= 4 is 26.7 Å². The molecule has 0 unspecified atom stereocenters. The van der Waals surface area contributed by atoms with Crippen LogP contribution in [0.3, 0.4) is 0 Å². The summed E-state index contributed by atoms with van der Waals surface area (Å²) in [4.78, 5) is 26.4. The average molecular weight is 346 g/mol. The number of H-pyrrole nitrogens is 2. The first-order valence-electron chi connectivity index (χ1n) is 6.40. The van der Waals surface area contributed by atoms with Gasteiger partial charge >= 0.3 is 0 Å². The van der Waals surface area contributed by atoms with Gasteiger partial charge in [-0.05, 0) is 30.7 Å². The molecule has 0 saturated carbocycles. The van der Waals surface area contributed by atoms with Crippen molar-refractivity contribution in [2.75, 3.05) is 0 Å². The fraction of sp³-hybridized carbons (Fsp3) is 0.133. The van der Waals surface area contributed by atoms with Crippen LogP contribution in [0.15, 0.2) is 44.4 Å². The molecule has 106 valence electrons. The van der Waals surface area contributed by atoms with Gasteiger partial charge in [-0.3, -0.25) is 9.59 Å². The minimum Gasteiger partial charge on any atom is -0.326 e. The maximum atomic E-state index is 12.0. The predicted octanol–water partition coefficient (Wildman–Crippen LogP) is 2.27. The molecule has 5 nitrogen and oxygen atoms in total. The third-order valence-electron chi connectivity index (χ3n) is 3.28. The maximum Gasteiger partial charge on any atom is 0.277 e. The highest BCUT2D eigenvalue weighted by Gasteiger charge is 2.11. The monoisotopic (exact) mass is 345 g/mol. The quantitative estimate of drug-likeness (QED) is 0.747. The Balaban J connectivity index is 2.19. The molecule has 0 amide bonds. The van der Waals surface area contributed by atoms with Crippen molar-refractivity contribution in [2.45, 2.75) is 13.3 Å². The van der Waals surface area contributed by atoms with Gasteiger partial charge in [-0.15, -0.1) is 0 Å². The standard InChI is InChI=1S/C15H12BrN3O2/c1-8-6-11-12(7-9-2-4-10(16)5-3-9)18-19-15(21)13(11)14(20)17-8/h2-6H,7H2,1H3,(H,17,20)(H,19,21). The molecule has 2 aromatic heterocycles. The van der Waals surface area contributed by atoms with Crippen LogP contribution in [0.2, 0.25) is 0 Å². The number of rotatable bonds is 2. The van der Waals surface area contributed by atoms with Crippen LogP contribution in [0.4, 0.5) is 0 Å². The second-order valence-corrected chi connectivity index (χ2v) is 5.79. The van der Waals surface area contributed by atoms with Crippen molar-refractivity contribution in [1.29, 1.82) is 0 Å². The van der Waals surface area contributed by atoms with Crippen LogP contribution in [0, 0.1) is 6.92 Å². The Morgan fingerprint density at radius 2 is 1.86 bits per heavy atom. The van der Waals surface area contributed by atoms with Gasteiger partial charge in [0.2, 0.25) is 0 Å². The fourth-order valence-electron chi connectivity index (χ4n) is 2.31. The highest BCUT2D eigenvalue weighted by molar-refractivity contribution is 9.10. The SMILES string of the molecule is Cc1cc2c(Cc3ccc(Br)cc3)n[nH]c(=O)c2c(=O)[nH]1. The smallest absolute Gasteiger partial charge is 0.277 e. The van der Waals surface area contributed by atoms with Crippen molar-refractivity contribution in [2.24, 2.45) is 0 Å². The lowest BCUT2D eigenvalue weighted by Gasteiger charge is -2.06. The number of hydrogen-bond acceptors (Lipinski definition) is 3. The van der Waals surface area contributed by atoms with E-state index in [4.69, 9.17) is 0 Å². The van der Waals surface area contributed by atoms with Crippen LogP contribution >= 0.6 is 15.9 Å². The Hall–Kier alpha value is -2.21. The number of aryl methyl sites for hydroxylation is 1. The van der Waals surface area contributed by atoms with Crippen molar-refractivity contribution < 1.29 is 0 Å². The van der Waals surface area contributed by atoms with E-state index in [-0.39, 0.29) is 10.9 Å². The molecule has 0 aliphatic carbocycles. The van der Waals surface area contributed by atoms with E-state index >= 15 is 0 Å². The Kier molecular flexibility index (Phi) is 3.47. The summed E-state index contributed by atoms with van der Waals surface area (Å²) < 4.78 is 0.998. The summed E-state index contributed by atoms with van der Waals surface area (Å²) in [7, 11) is 0. The number of halogens is 1. The highest BCUT2D eigenvalue weighted by atomic mass is 79.9. The summed E-state index contributed by atoms with van der Waals surface area (Å²) in [5.74, 6) is 0. The Morgan fingerprint density at radius 3 is 2.57 bits per heavy atom. The van der Waals surface area contributed by atoms with Gasteiger partial charge in [0.25, 0.3) is 11.1 Å². The molecule has 3 rings (SSSR count). The van der Waals surface area contributed by atoms with Crippen LogP contribution in [-0.4, -0.2) is 15.2 Å². The minimum atomic E-state index is -0.467. The number of nitrogens with one attached hydrogen (secondary N) is 2. The number of nitrogens with zero attached hydrogens (tertiary/aromatic N) is 1. The minimum absolute atomic E-state index is 0.128. The molecule has 0 saturated heterocycles. The molecular formula is C15H12BrN3O2. The summed E-state index contributed by atoms with van der Waals surface area (Å²) in [6.07, 6.45) is 0.545. The Labute approximate surface area is 128 Å². The van der Waals surface area contributed by atoms with E-state index < -0.39 is 5.56 Å². The van der Waals surface area contributed by atoms with Crippen LogP contribution in [0.1, 0.15) is 17.0 Å². The van der Waals surface area contributed by atoms with E-state index in [2.05, 4.69) is 31.1 Å². The van der Waals surface area contributed by atoms with Crippen molar-refractivity contribution in [3.8, 4) is 0 Å². The molecular weight excluding hydrogens is 334 g/mol. The number of hydrogen-bond donors (Lipinski definition) is 2. The zero-order valence-electron chi connectivity index (χ0n) is 11.2. The van der Waals surface area contributed by atoms with Crippen molar-refractivity contribution in [3.05, 3.63) is 72.5 Å². The van der Waals surface area contributed by atoms with Gasteiger partial charge in [-0.1, -0.05) is 28.1 Å². The molecule has 0 bridgehead atoms. The molecule has 6 heteroatoms. The molecule has 21 heavy (non-hydrogen) atoms. The summed E-state index contributed by atoms with van der Waals surface area (Å²) in [5.41, 5.74) is 1.59. The number of benzene rings is 1. The topological polar surface area (TPSA) is 78.6 Å². The second kappa shape index (κ2) is 5.29. The lowest BCUT2D eigenvalue weighted by Crippen LogP contribution is -2.21. The second-order valence-electron chi connectivity index (χ2n) is 4.87. The van der Waals surface area contributed by atoms with Gasteiger partial charge in [0, 0.05) is 22.0 Å². The molecule has 3 aromatic rings. The van der Waals surface area contributed by atoms with Crippen LogP contribution < -0.4 is 11.1 Å². The molecule has 2 heterocycles. The fourth-order valence-corrected chi connectivity index (χ4v) is 2.57. The number of fused-ring (bicyclic) bond motifs is 1. The maximum absolute atomic E-state index is 12.0. The van der Waals surface area contributed by atoms with E-state index in [9.17, 15) is 9.59 Å². The largest absolute Gasteiger partial charge is 0.326 e. The zero-order chi connectivity index (χ0) is 15.0. The lowest BCUT2D eigenvalue weighted by atomic mass is 10.1. The van der Waals surface area contributed by atoms with Gasteiger partial charge in [-0.25, -0.2) is 5.10 Å². The van der Waals surface area contributed by atoms with E-state index in [1.807, 2.05) is 24.3 Å². The average Bonchev–Trinajstić information content (AvgIpc) is 2.43. The van der Waals surface area contributed by atoms with Gasteiger partial charge in [0.15, 0.2) is 0 Å². The molecule has 0 radical (unpaired) electrons. The van der Waals surface area contributed by atoms with Gasteiger partial charge < -0.3 is 4.98 Å². The van der Waals surface area contributed by atoms with E-state index in [0.29, 0.717) is 23.2 Å². The molecule has 0 spiro atoms. The summed E-state index contributed by atoms with van der Waals surface area (Å²) in [5, 5.41) is 7.23. The molecule has 0 atom stereocenters. The molecule has 0 fully saturated rings.